The summed E-state index contributed by atoms with van der Waals surface area (Å²) in [4.78, 5) is 14.2. The van der Waals surface area contributed by atoms with Crippen molar-refractivity contribution in [2.45, 2.75) is 19.9 Å². The number of carbonyl (C=O) groups excluding carboxylic acids is 1. The molecular weight excluding hydrogens is 250 g/mol. The lowest BCUT2D eigenvalue weighted by molar-refractivity contribution is -0.130. The predicted octanol–water partition coefficient (Wildman–Crippen LogP) is 2.88. The molecule has 0 N–H and O–H groups in total. The average molecular weight is 262 g/mol. The largest absolute Gasteiger partial charge is 0.341 e. The van der Waals surface area contributed by atoms with Crippen LogP contribution < -0.4 is 0 Å². The molecule has 4 heteroatoms. The van der Waals surface area contributed by atoms with Gasteiger partial charge in [-0.1, -0.05) is 6.92 Å². The Morgan fingerprint density at radius 2 is 2.31 bits per heavy atom. The van der Waals surface area contributed by atoms with E-state index in [-0.39, 0.29) is 5.91 Å². The molecule has 0 atom stereocenters. The molecule has 1 amide bonds. The van der Waals surface area contributed by atoms with E-state index in [1.165, 1.54) is 4.88 Å². The van der Waals surface area contributed by atoms with Gasteiger partial charge in [-0.2, -0.15) is 0 Å². The van der Waals surface area contributed by atoms with Crippen molar-refractivity contribution >= 4 is 33.2 Å². The second-order valence-electron chi connectivity index (χ2n) is 2.81. The van der Waals surface area contributed by atoms with Gasteiger partial charge in [-0.15, -0.1) is 11.3 Å². The monoisotopic (exact) mass is 261 g/mol. The van der Waals surface area contributed by atoms with Crippen LogP contribution in [0.5, 0.6) is 0 Å². The topological polar surface area (TPSA) is 20.3 Å². The molecule has 0 aliphatic rings. The minimum Gasteiger partial charge on any atom is -0.341 e. The number of hydrogen-bond acceptors (Lipinski definition) is 2. The first-order valence-electron chi connectivity index (χ1n) is 4.11. The van der Waals surface area contributed by atoms with Crippen LogP contribution in [-0.2, 0) is 11.3 Å². The molecule has 1 heterocycles. The number of halogens is 1. The maximum atomic E-state index is 11.2. The Kier molecular flexibility index (Phi) is 3.93. The van der Waals surface area contributed by atoms with Gasteiger partial charge in [-0.3, -0.25) is 4.79 Å². The second-order valence-corrected chi connectivity index (χ2v) is 5.36. The van der Waals surface area contributed by atoms with Crippen LogP contribution in [0.25, 0.3) is 0 Å². The maximum Gasteiger partial charge on any atom is 0.222 e. The molecule has 13 heavy (non-hydrogen) atoms. The average Bonchev–Trinajstić information content (AvgIpc) is 2.49. The first-order chi connectivity index (χ1) is 6.13. The summed E-state index contributed by atoms with van der Waals surface area (Å²) in [7, 11) is 1.83. The fourth-order valence-corrected chi connectivity index (χ4v) is 2.57. The summed E-state index contributed by atoms with van der Waals surface area (Å²) in [6.45, 7) is 2.59. The standard InChI is InChI=1S/C9H12BrNOS/c1-3-9(12)11(2)6-7-4-5-8(10)13-7/h4-5H,3,6H2,1-2H3. The van der Waals surface area contributed by atoms with Crippen molar-refractivity contribution in [3.8, 4) is 0 Å². The number of amides is 1. The minimum absolute atomic E-state index is 0.185. The molecule has 0 fully saturated rings. The van der Waals surface area contributed by atoms with E-state index in [0.717, 1.165) is 3.79 Å². The van der Waals surface area contributed by atoms with Crippen LogP contribution in [0.4, 0.5) is 0 Å². The molecule has 0 aliphatic heterocycles. The van der Waals surface area contributed by atoms with Crippen LogP contribution in [0, 0.1) is 0 Å². The van der Waals surface area contributed by atoms with E-state index < -0.39 is 0 Å². The van der Waals surface area contributed by atoms with E-state index in [2.05, 4.69) is 15.9 Å². The highest BCUT2D eigenvalue weighted by molar-refractivity contribution is 9.11. The quantitative estimate of drug-likeness (QED) is 0.820. The summed E-state index contributed by atoms with van der Waals surface area (Å²) < 4.78 is 1.11. The first-order valence-corrected chi connectivity index (χ1v) is 5.72. The Bertz CT molecular complexity index is 298. The van der Waals surface area contributed by atoms with Crippen LogP contribution in [-0.4, -0.2) is 17.9 Å². The summed E-state index contributed by atoms with van der Waals surface area (Å²) in [6.07, 6.45) is 0.572. The summed E-state index contributed by atoms with van der Waals surface area (Å²) >= 11 is 5.06. The van der Waals surface area contributed by atoms with Gasteiger partial charge in [0.25, 0.3) is 0 Å². The van der Waals surface area contributed by atoms with Crippen molar-refractivity contribution in [1.82, 2.24) is 4.90 Å². The van der Waals surface area contributed by atoms with Gasteiger partial charge in [0.2, 0.25) is 5.91 Å². The smallest absolute Gasteiger partial charge is 0.222 e. The number of rotatable bonds is 3. The Balaban J connectivity index is 2.54. The van der Waals surface area contributed by atoms with Gasteiger partial charge in [0.1, 0.15) is 0 Å². The van der Waals surface area contributed by atoms with Crippen LogP contribution in [0.3, 0.4) is 0 Å². The fraction of sp³-hybridized carbons (Fsp3) is 0.444. The normalized spacial score (nSPS) is 10.1. The lowest BCUT2D eigenvalue weighted by Crippen LogP contribution is -2.24. The molecule has 0 radical (unpaired) electrons. The second kappa shape index (κ2) is 4.77. The molecular formula is C9H12BrNOS. The zero-order chi connectivity index (χ0) is 9.84. The summed E-state index contributed by atoms with van der Waals surface area (Å²) in [5, 5.41) is 0. The summed E-state index contributed by atoms with van der Waals surface area (Å²) in [6, 6.07) is 4.04. The lowest BCUT2D eigenvalue weighted by atomic mass is 10.4. The number of nitrogens with zero attached hydrogens (tertiary/aromatic N) is 1. The van der Waals surface area contributed by atoms with Crippen molar-refractivity contribution in [3.05, 3.63) is 20.8 Å². The fourth-order valence-electron chi connectivity index (χ4n) is 1.03. The number of hydrogen-bond donors (Lipinski definition) is 0. The maximum absolute atomic E-state index is 11.2. The molecule has 2 nitrogen and oxygen atoms in total. The SMILES string of the molecule is CCC(=O)N(C)Cc1ccc(Br)s1. The van der Waals surface area contributed by atoms with E-state index >= 15 is 0 Å². The Hall–Kier alpha value is -0.350. The summed E-state index contributed by atoms with van der Waals surface area (Å²) in [5.41, 5.74) is 0. The van der Waals surface area contributed by atoms with E-state index in [4.69, 9.17) is 0 Å². The van der Waals surface area contributed by atoms with Gasteiger partial charge in [0.15, 0.2) is 0 Å². The van der Waals surface area contributed by atoms with Gasteiger partial charge >= 0.3 is 0 Å². The highest BCUT2D eigenvalue weighted by Crippen LogP contribution is 2.22. The lowest BCUT2D eigenvalue weighted by Gasteiger charge is -2.14. The van der Waals surface area contributed by atoms with Crippen molar-refractivity contribution in [2.24, 2.45) is 0 Å². The van der Waals surface area contributed by atoms with Gasteiger partial charge in [-0.05, 0) is 28.1 Å². The minimum atomic E-state index is 0.185. The van der Waals surface area contributed by atoms with Gasteiger partial charge < -0.3 is 4.90 Å². The van der Waals surface area contributed by atoms with Crippen molar-refractivity contribution < 1.29 is 4.79 Å². The molecule has 72 valence electrons. The molecule has 1 aromatic rings. The van der Waals surface area contributed by atoms with Gasteiger partial charge in [0.05, 0.1) is 10.3 Å². The predicted molar refractivity (Wildman–Crippen MR) is 58.8 cm³/mol. The zero-order valence-electron chi connectivity index (χ0n) is 7.71. The first kappa shape index (κ1) is 10.7. The molecule has 1 rings (SSSR count). The summed E-state index contributed by atoms with van der Waals surface area (Å²) in [5.74, 6) is 0.185. The van der Waals surface area contributed by atoms with Crippen molar-refractivity contribution in [3.63, 3.8) is 0 Å². The van der Waals surface area contributed by atoms with Gasteiger partial charge in [-0.25, -0.2) is 0 Å². The highest BCUT2D eigenvalue weighted by atomic mass is 79.9. The van der Waals surface area contributed by atoms with E-state index in [1.807, 2.05) is 26.1 Å². The van der Waals surface area contributed by atoms with E-state index in [9.17, 15) is 4.79 Å². The third-order valence-electron chi connectivity index (χ3n) is 1.75. The van der Waals surface area contributed by atoms with Crippen LogP contribution in [0.15, 0.2) is 15.9 Å². The molecule has 0 aromatic carbocycles. The molecule has 0 saturated carbocycles. The molecule has 0 aliphatic carbocycles. The Morgan fingerprint density at radius 1 is 1.62 bits per heavy atom. The van der Waals surface area contributed by atoms with Gasteiger partial charge in [0, 0.05) is 18.3 Å². The number of thiophene rings is 1. The molecule has 1 aromatic heterocycles. The van der Waals surface area contributed by atoms with E-state index in [0.29, 0.717) is 13.0 Å². The zero-order valence-corrected chi connectivity index (χ0v) is 10.1. The number of carbonyl (C=O) groups is 1. The third kappa shape index (κ3) is 3.12. The van der Waals surface area contributed by atoms with Crippen molar-refractivity contribution in [2.75, 3.05) is 7.05 Å². The third-order valence-corrected chi connectivity index (χ3v) is 3.36. The van der Waals surface area contributed by atoms with E-state index in [1.54, 1.807) is 16.2 Å². The Labute approximate surface area is 90.7 Å². The van der Waals surface area contributed by atoms with Crippen LogP contribution >= 0.6 is 27.3 Å². The molecule has 0 spiro atoms. The molecule has 0 bridgehead atoms. The Morgan fingerprint density at radius 3 is 2.77 bits per heavy atom. The molecule has 0 saturated heterocycles. The van der Waals surface area contributed by atoms with Crippen molar-refractivity contribution in [1.29, 1.82) is 0 Å². The highest BCUT2D eigenvalue weighted by Gasteiger charge is 2.07. The van der Waals surface area contributed by atoms with Crippen LogP contribution in [0.2, 0.25) is 0 Å². The molecule has 0 unspecified atom stereocenters. The van der Waals surface area contributed by atoms with Crippen LogP contribution in [0.1, 0.15) is 18.2 Å².